The Morgan fingerprint density at radius 1 is 0.882 bits per heavy atom. The van der Waals surface area contributed by atoms with Crippen molar-refractivity contribution in [1.29, 1.82) is 0 Å². The molecule has 0 N–H and O–H groups in total. The second-order valence-electron chi connectivity index (χ2n) is 11.3. The van der Waals surface area contributed by atoms with Crippen LogP contribution in [0, 0.1) is 0 Å². The minimum Gasteiger partial charge on any atom is -0.493 e. The summed E-state index contributed by atoms with van der Waals surface area (Å²) in [6, 6.07) is 29.0. The quantitative estimate of drug-likeness (QED) is 0.107. The fourth-order valence-electron chi connectivity index (χ4n) is 5.70. The fourth-order valence-corrected chi connectivity index (χ4v) is 7.11. The molecule has 1 aliphatic heterocycles. The van der Waals surface area contributed by atoms with Gasteiger partial charge in [-0.15, -0.1) is 11.8 Å². The number of thioether (sulfide) groups is 1. The van der Waals surface area contributed by atoms with Crippen LogP contribution in [0.5, 0.6) is 11.5 Å². The number of carbonyl (C=O) groups is 2. The van der Waals surface area contributed by atoms with Gasteiger partial charge in [0.05, 0.1) is 47.7 Å². The molecule has 0 fully saturated rings. The normalized spacial score (nSPS) is 14.0. The van der Waals surface area contributed by atoms with Gasteiger partial charge in [-0.2, -0.15) is 0 Å². The number of aromatic nitrogens is 1. The molecule has 0 saturated heterocycles. The van der Waals surface area contributed by atoms with Crippen LogP contribution in [0.3, 0.4) is 0 Å². The number of benzene rings is 4. The number of methoxy groups -OCH3 is 1. The summed E-state index contributed by atoms with van der Waals surface area (Å²) in [7, 11) is 1.55. The lowest BCUT2D eigenvalue weighted by atomic mass is 9.93. The molecule has 2 heterocycles. The Morgan fingerprint density at radius 2 is 1.59 bits per heavy atom. The van der Waals surface area contributed by atoms with Crippen LogP contribution in [-0.4, -0.2) is 43.1 Å². The van der Waals surface area contributed by atoms with Crippen molar-refractivity contribution in [2.45, 2.75) is 31.4 Å². The van der Waals surface area contributed by atoms with Gasteiger partial charge in [-0.05, 0) is 79.3 Å². The zero-order valence-corrected chi connectivity index (χ0v) is 30.2. The van der Waals surface area contributed by atoms with Crippen LogP contribution in [0.25, 0.3) is 11.8 Å². The number of fused-ring (bicyclic) bond motifs is 1. The maximum atomic E-state index is 14.3. The molecule has 0 spiro atoms. The van der Waals surface area contributed by atoms with Crippen molar-refractivity contribution in [2.24, 2.45) is 4.99 Å². The van der Waals surface area contributed by atoms with Gasteiger partial charge >= 0.3 is 11.9 Å². The first-order chi connectivity index (χ1) is 24.8. The van der Waals surface area contributed by atoms with E-state index in [0.717, 1.165) is 27.1 Å². The molecule has 9 nitrogen and oxygen atoms in total. The Morgan fingerprint density at radius 3 is 2.25 bits per heavy atom. The summed E-state index contributed by atoms with van der Waals surface area (Å²) in [5.41, 5.74) is 4.07. The zero-order valence-electron chi connectivity index (χ0n) is 28.6. The summed E-state index contributed by atoms with van der Waals surface area (Å²) >= 11 is 2.86. The molecule has 0 aliphatic carbocycles. The van der Waals surface area contributed by atoms with Gasteiger partial charge in [-0.1, -0.05) is 72.0 Å². The molecule has 0 saturated carbocycles. The summed E-state index contributed by atoms with van der Waals surface area (Å²) in [5.74, 6) is 0.114. The molecular formula is C40H36N2O7S2. The van der Waals surface area contributed by atoms with Crippen molar-refractivity contribution in [1.82, 2.24) is 4.57 Å². The fraction of sp³-hybridized carbons (Fsp3) is 0.200. The standard InChI is InChI=1S/C40H36N2O7S2/c1-5-47-38(44)29-15-12-25(13-16-29)24-49-31-21-14-26(22-32(31)46-3)23-33-37(43)42-36(28-17-19-30(50-4)20-18-28)34(39(45)48-6-2)35(41-40(42)51-33)27-10-8-7-9-11-27/h7-23,36H,5-6,24H2,1-4H3/b33-23-/t36-/m1/s1. The number of thiazole rings is 1. The van der Waals surface area contributed by atoms with Crippen LogP contribution in [0.15, 0.2) is 117 Å². The van der Waals surface area contributed by atoms with Crippen molar-refractivity contribution in [2.75, 3.05) is 26.6 Å². The highest BCUT2D eigenvalue weighted by molar-refractivity contribution is 7.98. The van der Waals surface area contributed by atoms with Gasteiger partial charge in [-0.25, -0.2) is 14.6 Å². The number of rotatable bonds is 12. The third-order valence-corrected chi connectivity index (χ3v) is 9.88. The molecule has 0 bridgehead atoms. The van der Waals surface area contributed by atoms with Crippen LogP contribution >= 0.6 is 23.1 Å². The zero-order chi connectivity index (χ0) is 35.9. The molecule has 0 amide bonds. The predicted molar refractivity (Wildman–Crippen MR) is 199 cm³/mol. The Hall–Kier alpha value is -5.39. The summed E-state index contributed by atoms with van der Waals surface area (Å²) < 4.78 is 24.4. The Bertz CT molecular complexity index is 2260. The van der Waals surface area contributed by atoms with Gasteiger partial charge < -0.3 is 18.9 Å². The van der Waals surface area contributed by atoms with Crippen LogP contribution in [0.2, 0.25) is 0 Å². The van der Waals surface area contributed by atoms with Gasteiger partial charge in [-0.3, -0.25) is 9.36 Å². The highest BCUT2D eigenvalue weighted by atomic mass is 32.2. The van der Waals surface area contributed by atoms with Crippen molar-refractivity contribution in [3.63, 3.8) is 0 Å². The minimum atomic E-state index is -0.759. The van der Waals surface area contributed by atoms with E-state index in [2.05, 4.69) is 0 Å². The highest BCUT2D eigenvalue weighted by Crippen LogP contribution is 2.36. The lowest BCUT2D eigenvalue weighted by molar-refractivity contribution is -0.138. The lowest BCUT2D eigenvalue weighted by Crippen LogP contribution is -2.40. The summed E-state index contributed by atoms with van der Waals surface area (Å²) in [6.45, 7) is 4.26. The monoisotopic (exact) mass is 720 g/mol. The first-order valence-electron chi connectivity index (χ1n) is 16.3. The van der Waals surface area contributed by atoms with E-state index < -0.39 is 12.0 Å². The Kier molecular flexibility index (Phi) is 11.2. The third-order valence-electron chi connectivity index (χ3n) is 8.15. The van der Waals surface area contributed by atoms with Crippen LogP contribution < -0.4 is 24.4 Å². The highest BCUT2D eigenvalue weighted by Gasteiger charge is 2.35. The van der Waals surface area contributed by atoms with Crippen LogP contribution in [-0.2, 0) is 20.9 Å². The molecule has 4 aromatic carbocycles. The third kappa shape index (κ3) is 7.69. The number of esters is 2. The molecule has 1 aliphatic rings. The summed E-state index contributed by atoms with van der Waals surface area (Å²) in [4.78, 5) is 46.4. The molecule has 0 unspecified atom stereocenters. The molecule has 6 rings (SSSR count). The molecule has 1 atom stereocenters. The second-order valence-corrected chi connectivity index (χ2v) is 13.2. The molecule has 5 aromatic rings. The molecule has 260 valence electrons. The average Bonchev–Trinajstić information content (AvgIpc) is 3.47. The van der Waals surface area contributed by atoms with E-state index in [1.807, 2.05) is 79.1 Å². The van der Waals surface area contributed by atoms with E-state index in [0.29, 0.717) is 44.3 Å². The lowest BCUT2D eigenvalue weighted by Gasteiger charge is -2.26. The summed E-state index contributed by atoms with van der Waals surface area (Å²) in [5, 5.41) is 0. The number of hydrogen-bond donors (Lipinski definition) is 0. The second kappa shape index (κ2) is 16.1. The number of hydrogen-bond acceptors (Lipinski definition) is 10. The van der Waals surface area contributed by atoms with Crippen LogP contribution in [0.4, 0.5) is 0 Å². The first-order valence-corrected chi connectivity index (χ1v) is 18.4. The maximum Gasteiger partial charge on any atom is 0.338 e. The number of carbonyl (C=O) groups excluding carboxylic acids is 2. The van der Waals surface area contributed by atoms with Crippen LogP contribution in [0.1, 0.15) is 52.5 Å². The van der Waals surface area contributed by atoms with Gasteiger partial charge in [0.1, 0.15) is 6.61 Å². The van der Waals surface area contributed by atoms with E-state index in [4.69, 9.17) is 23.9 Å². The topological polar surface area (TPSA) is 105 Å². The molecule has 1 aromatic heterocycles. The number of ether oxygens (including phenoxy) is 4. The smallest absolute Gasteiger partial charge is 0.338 e. The van der Waals surface area contributed by atoms with E-state index in [1.54, 1.807) is 67.6 Å². The molecule has 51 heavy (non-hydrogen) atoms. The number of nitrogens with zero attached hydrogens (tertiary/aromatic N) is 2. The molecule has 11 heteroatoms. The van der Waals surface area contributed by atoms with Crippen molar-refractivity contribution in [3.05, 3.63) is 150 Å². The first kappa shape index (κ1) is 35.4. The maximum absolute atomic E-state index is 14.3. The minimum absolute atomic E-state index is 0.177. The predicted octanol–water partition coefficient (Wildman–Crippen LogP) is 6.42. The molecule has 0 radical (unpaired) electrons. The SMILES string of the molecule is CCOC(=O)C1=C(c2ccccc2)N=c2s/c(=C\c3ccc(OCc4ccc(C(=O)OCC)cc4)c(OC)c3)c(=O)n2[C@@H]1c1ccc(SC)cc1. The van der Waals surface area contributed by atoms with Gasteiger partial charge in [0.25, 0.3) is 5.56 Å². The largest absolute Gasteiger partial charge is 0.493 e. The van der Waals surface area contributed by atoms with Gasteiger partial charge in [0, 0.05) is 10.5 Å². The average molecular weight is 721 g/mol. The van der Waals surface area contributed by atoms with Crippen molar-refractivity contribution >= 4 is 46.8 Å². The van der Waals surface area contributed by atoms with Gasteiger partial charge in [0.15, 0.2) is 16.3 Å². The van der Waals surface area contributed by atoms with Crippen molar-refractivity contribution in [3.8, 4) is 11.5 Å². The van der Waals surface area contributed by atoms with Gasteiger partial charge in [0.2, 0.25) is 0 Å². The molecular weight excluding hydrogens is 685 g/mol. The Balaban J connectivity index is 1.39. The van der Waals surface area contributed by atoms with E-state index >= 15 is 0 Å². The van der Waals surface area contributed by atoms with E-state index in [1.165, 1.54) is 11.3 Å². The van der Waals surface area contributed by atoms with Crippen molar-refractivity contribution < 1.29 is 28.5 Å². The summed E-state index contributed by atoms with van der Waals surface area (Å²) in [6.07, 6.45) is 3.78. The van der Waals surface area contributed by atoms with E-state index in [-0.39, 0.29) is 24.7 Å². The van der Waals surface area contributed by atoms with E-state index in [9.17, 15) is 14.4 Å². The Labute approximate surface area is 303 Å².